The number of rotatable bonds is 7. The lowest BCUT2D eigenvalue weighted by atomic mass is 9.68. The third kappa shape index (κ3) is 4.32. The van der Waals surface area contributed by atoms with E-state index in [-0.39, 0.29) is 0 Å². The van der Waals surface area contributed by atoms with Crippen LogP contribution in [0, 0.1) is 11.3 Å². The number of hydrogen-bond acceptors (Lipinski definition) is 3. The Morgan fingerprint density at radius 1 is 1.04 bits per heavy atom. The van der Waals surface area contributed by atoms with Gasteiger partial charge in [0.15, 0.2) is 0 Å². The molecule has 1 aliphatic carbocycles. The zero-order valence-corrected chi connectivity index (χ0v) is 16.1. The zero-order chi connectivity index (χ0) is 19.8. The first-order valence-electron chi connectivity index (χ1n) is 9.75. The molecule has 2 aromatic rings. The molecule has 1 aliphatic rings. The van der Waals surface area contributed by atoms with Crippen molar-refractivity contribution in [3.8, 4) is 0 Å². The molecule has 0 bridgehead atoms. The number of hydrogen-bond donors (Lipinski definition) is 1. The highest BCUT2D eigenvalue weighted by molar-refractivity contribution is 5.83. The maximum atomic E-state index is 12.4. The van der Waals surface area contributed by atoms with E-state index < -0.39 is 17.3 Å². The Morgan fingerprint density at radius 3 is 2.18 bits per heavy atom. The number of allylic oxidation sites excluding steroid dienone is 4. The Balaban J connectivity index is 2.18. The minimum absolute atomic E-state index is 0.564. The molecule has 0 spiro atoms. The summed E-state index contributed by atoms with van der Waals surface area (Å²) in [7, 11) is 0. The molecule has 3 nitrogen and oxygen atoms in total. The highest BCUT2D eigenvalue weighted by atomic mass is 17.1. The Hall–Kier alpha value is -2.91. The van der Waals surface area contributed by atoms with Crippen LogP contribution in [0.1, 0.15) is 37.3 Å². The highest BCUT2D eigenvalue weighted by Crippen LogP contribution is 2.44. The van der Waals surface area contributed by atoms with Crippen LogP contribution in [-0.2, 0) is 9.68 Å². The van der Waals surface area contributed by atoms with Gasteiger partial charge < -0.3 is 4.89 Å². The lowest BCUT2D eigenvalue weighted by Gasteiger charge is -2.35. The van der Waals surface area contributed by atoms with Crippen molar-refractivity contribution in [2.75, 3.05) is 0 Å². The topological polar surface area (TPSA) is 46.5 Å². The van der Waals surface area contributed by atoms with E-state index in [1.165, 1.54) is 0 Å². The molecule has 0 radical (unpaired) electrons. The average Bonchev–Trinajstić information content (AvgIpc) is 2.77. The molecule has 0 amide bonds. The summed E-state index contributed by atoms with van der Waals surface area (Å²) in [5.74, 6) is -1.20. The lowest BCUT2D eigenvalue weighted by Crippen LogP contribution is -2.34. The first-order chi connectivity index (χ1) is 13.7. The summed E-state index contributed by atoms with van der Waals surface area (Å²) in [5, 5.41) is 9.08. The molecule has 2 atom stereocenters. The van der Waals surface area contributed by atoms with Gasteiger partial charge in [-0.15, -0.1) is 0 Å². The number of carbonyl (C=O) groups excluding carboxylic acids is 1. The Morgan fingerprint density at radius 2 is 1.64 bits per heavy atom. The molecule has 2 unspecified atom stereocenters. The summed E-state index contributed by atoms with van der Waals surface area (Å²) < 4.78 is 0. The van der Waals surface area contributed by atoms with Crippen molar-refractivity contribution in [3.63, 3.8) is 0 Å². The summed E-state index contributed by atoms with van der Waals surface area (Å²) in [6, 6.07) is 20.4. The van der Waals surface area contributed by atoms with Crippen molar-refractivity contribution in [2.24, 2.45) is 11.3 Å². The molecule has 0 aromatic heterocycles. The second kappa shape index (κ2) is 9.34. The van der Waals surface area contributed by atoms with E-state index in [9.17, 15) is 4.79 Å². The fourth-order valence-electron chi connectivity index (χ4n) is 3.82. The number of unbranched alkanes of at least 4 members (excludes halogenated alkanes) is 1. The van der Waals surface area contributed by atoms with Crippen LogP contribution in [0.25, 0.3) is 5.57 Å². The van der Waals surface area contributed by atoms with E-state index in [0.717, 1.165) is 36.0 Å². The van der Waals surface area contributed by atoms with Crippen LogP contribution in [-0.4, -0.2) is 11.2 Å². The molecule has 1 N–H and O–H groups in total. The SMILES string of the molecule is CCCCC1(C=C(c2ccccc2)c2ccccc2)C=CC=CC1C(=O)OO. The molecule has 0 saturated carbocycles. The van der Waals surface area contributed by atoms with Crippen LogP contribution in [0.5, 0.6) is 0 Å². The average molecular weight is 374 g/mol. The van der Waals surface area contributed by atoms with Crippen molar-refractivity contribution < 1.29 is 14.9 Å². The summed E-state index contributed by atoms with van der Waals surface area (Å²) >= 11 is 0. The Labute approximate surface area is 166 Å². The van der Waals surface area contributed by atoms with Crippen LogP contribution in [0.3, 0.4) is 0 Å². The predicted molar refractivity (Wildman–Crippen MR) is 112 cm³/mol. The van der Waals surface area contributed by atoms with E-state index in [1.54, 1.807) is 0 Å². The van der Waals surface area contributed by atoms with E-state index in [1.807, 2.05) is 54.6 Å². The predicted octanol–water partition coefficient (Wildman–Crippen LogP) is 6.05. The van der Waals surface area contributed by atoms with Gasteiger partial charge in [0.2, 0.25) is 0 Å². The first kappa shape index (κ1) is 19.8. The van der Waals surface area contributed by atoms with Crippen molar-refractivity contribution in [2.45, 2.75) is 26.2 Å². The lowest BCUT2D eigenvalue weighted by molar-refractivity contribution is -0.239. The van der Waals surface area contributed by atoms with Gasteiger partial charge in [0.05, 0.1) is 5.92 Å². The van der Waals surface area contributed by atoms with Crippen LogP contribution in [0.4, 0.5) is 0 Å². The normalized spacial score (nSPS) is 20.6. The standard InChI is InChI=1S/C25H26O3/c1-2-3-17-25(18-11-10-16-23(25)24(26)28-27)19-22(20-12-6-4-7-13-20)21-14-8-5-9-15-21/h4-16,18-19,23,27H,2-3,17H2,1H3. The molecule has 3 rings (SSSR count). The molecule has 2 aromatic carbocycles. The monoisotopic (exact) mass is 374 g/mol. The zero-order valence-electron chi connectivity index (χ0n) is 16.1. The third-order valence-electron chi connectivity index (χ3n) is 5.29. The highest BCUT2D eigenvalue weighted by Gasteiger charge is 2.40. The minimum atomic E-state index is -0.631. The van der Waals surface area contributed by atoms with Crippen molar-refractivity contribution in [1.29, 1.82) is 0 Å². The number of carbonyl (C=O) groups is 1. The first-order valence-corrected chi connectivity index (χ1v) is 9.75. The van der Waals surface area contributed by atoms with Crippen LogP contribution >= 0.6 is 0 Å². The van der Waals surface area contributed by atoms with Gasteiger partial charge in [0.1, 0.15) is 0 Å². The van der Waals surface area contributed by atoms with E-state index >= 15 is 0 Å². The summed E-state index contributed by atoms with van der Waals surface area (Å²) in [6.45, 7) is 2.13. The molecule has 28 heavy (non-hydrogen) atoms. The van der Waals surface area contributed by atoms with E-state index in [4.69, 9.17) is 5.26 Å². The van der Waals surface area contributed by atoms with Gasteiger partial charge in [-0.3, -0.25) is 0 Å². The number of benzene rings is 2. The maximum Gasteiger partial charge on any atom is 0.350 e. The van der Waals surface area contributed by atoms with Gasteiger partial charge in [-0.05, 0) is 23.1 Å². The molecular weight excluding hydrogens is 348 g/mol. The fourth-order valence-corrected chi connectivity index (χ4v) is 3.82. The summed E-state index contributed by atoms with van der Waals surface area (Å²) in [6.07, 6.45) is 12.6. The fraction of sp³-hybridized carbons (Fsp3) is 0.240. The van der Waals surface area contributed by atoms with E-state index in [2.05, 4.69) is 48.2 Å². The quantitative estimate of drug-likeness (QED) is 0.474. The largest absolute Gasteiger partial charge is 0.350 e. The summed E-state index contributed by atoms with van der Waals surface area (Å²) in [4.78, 5) is 16.6. The second-order valence-electron chi connectivity index (χ2n) is 7.14. The molecule has 0 aliphatic heterocycles. The molecule has 144 valence electrons. The van der Waals surface area contributed by atoms with E-state index in [0.29, 0.717) is 0 Å². The summed E-state index contributed by atoms with van der Waals surface area (Å²) in [5.41, 5.74) is 2.67. The maximum absolute atomic E-state index is 12.4. The van der Waals surface area contributed by atoms with Crippen LogP contribution in [0.15, 0.2) is 91.0 Å². The van der Waals surface area contributed by atoms with Gasteiger partial charge >= 0.3 is 5.97 Å². The smallest absolute Gasteiger partial charge is 0.300 e. The molecule has 0 saturated heterocycles. The van der Waals surface area contributed by atoms with Crippen molar-refractivity contribution >= 4 is 11.5 Å². The van der Waals surface area contributed by atoms with Gasteiger partial charge in [-0.25, -0.2) is 4.79 Å². The van der Waals surface area contributed by atoms with Crippen LogP contribution in [0.2, 0.25) is 0 Å². The Bertz CT molecular complexity index is 824. The van der Waals surface area contributed by atoms with Gasteiger partial charge in [-0.2, -0.15) is 5.26 Å². The molecule has 3 heteroatoms. The molecule has 0 heterocycles. The minimum Gasteiger partial charge on any atom is -0.300 e. The van der Waals surface area contributed by atoms with Gasteiger partial charge in [-0.1, -0.05) is 111 Å². The van der Waals surface area contributed by atoms with Crippen LogP contribution < -0.4 is 0 Å². The van der Waals surface area contributed by atoms with Crippen molar-refractivity contribution in [1.82, 2.24) is 0 Å². The van der Waals surface area contributed by atoms with Gasteiger partial charge in [0, 0.05) is 5.41 Å². The van der Waals surface area contributed by atoms with Gasteiger partial charge in [0.25, 0.3) is 0 Å². The second-order valence-corrected chi connectivity index (χ2v) is 7.14. The Kier molecular flexibility index (Phi) is 6.62. The molecular formula is C25H26O3. The van der Waals surface area contributed by atoms with Crippen molar-refractivity contribution in [3.05, 3.63) is 102 Å². The molecule has 0 fully saturated rings. The third-order valence-corrected chi connectivity index (χ3v) is 5.29.